The number of nitrogens with zero attached hydrogens (tertiary/aromatic N) is 8. The molecule has 3 fully saturated rings. The summed E-state index contributed by atoms with van der Waals surface area (Å²) in [5, 5.41) is 0. The highest BCUT2D eigenvalue weighted by Crippen LogP contribution is 2.58. The van der Waals surface area contributed by atoms with E-state index in [-0.39, 0.29) is 34.0 Å². The van der Waals surface area contributed by atoms with Crippen molar-refractivity contribution in [2.75, 3.05) is 24.7 Å². The van der Waals surface area contributed by atoms with Crippen molar-refractivity contribution in [2.24, 2.45) is 0 Å². The van der Waals surface area contributed by atoms with Gasteiger partial charge in [0.1, 0.15) is 48.1 Å². The summed E-state index contributed by atoms with van der Waals surface area (Å²) in [4.78, 5) is 24.1. The fourth-order valence-electron chi connectivity index (χ4n) is 5.28. The van der Waals surface area contributed by atoms with Crippen LogP contribution < -0.4 is 11.5 Å². The van der Waals surface area contributed by atoms with Gasteiger partial charge in [0.15, 0.2) is 47.7 Å². The van der Waals surface area contributed by atoms with Crippen molar-refractivity contribution in [3.63, 3.8) is 0 Å². The first-order chi connectivity index (χ1) is 20.9. The maximum absolute atomic E-state index is 16.0. The Hall–Kier alpha value is -2.81. The third kappa shape index (κ3) is 5.17. The quantitative estimate of drug-likeness (QED) is 0.152. The number of fused-ring (bicyclic) bond motifs is 4. The number of aromatic nitrogens is 8. The smallest absolute Gasteiger partial charge is 0.382 e. The van der Waals surface area contributed by atoms with Crippen LogP contribution in [0.15, 0.2) is 25.3 Å². The van der Waals surface area contributed by atoms with E-state index in [2.05, 4.69) is 42.2 Å². The van der Waals surface area contributed by atoms with Crippen LogP contribution in [0.25, 0.3) is 22.3 Å². The number of ether oxygens (including phenoxy) is 2. The molecule has 4 N–H and O–H groups in total. The van der Waals surface area contributed by atoms with Crippen molar-refractivity contribution in [3.05, 3.63) is 25.3 Å². The van der Waals surface area contributed by atoms with Gasteiger partial charge in [-0.25, -0.2) is 43.2 Å². The van der Waals surface area contributed by atoms with E-state index in [1.807, 2.05) is 0 Å². The van der Waals surface area contributed by atoms with Gasteiger partial charge in [0.05, 0.1) is 25.9 Å². The second kappa shape index (κ2) is 10.9. The van der Waals surface area contributed by atoms with Gasteiger partial charge in [-0.15, -0.1) is 0 Å². The number of halogens is 2. The van der Waals surface area contributed by atoms with Crippen LogP contribution in [0.2, 0.25) is 0 Å². The molecule has 4 unspecified atom stereocenters. The number of nitrogen functional groups attached to an aromatic ring is 2. The Kier molecular flexibility index (Phi) is 7.42. The molecule has 18 nitrogen and oxygen atoms in total. The molecule has 7 heterocycles. The van der Waals surface area contributed by atoms with Crippen molar-refractivity contribution in [1.29, 1.82) is 0 Å². The van der Waals surface area contributed by atoms with Gasteiger partial charge in [-0.05, 0) is 0 Å². The van der Waals surface area contributed by atoms with Gasteiger partial charge in [-0.2, -0.15) is 0 Å². The molecule has 4 aromatic rings. The van der Waals surface area contributed by atoms with Gasteiger partial charge >= 0.3 is 6.80 Å². The van der Waals surface area contributed by atoms with Crippen LogP contribution >= 0.6 is 26.5 Å². The summed E-state index contributed by atoms with van der Waals surface area (Å²) in [7, 11) is -2.97. The Morgan fingerprint density at radius 2 is 1.27 bits per heavy atom. The molecule has 3 aliphatic rings. The number of anilines is 2. The summed E-state index contributed by atoms with van der Waals surface area (Å²) >= 11 is 4.01. The topological polar surface area (TPSA) is 229 Å². The van der Waals surface area contributed by atoms with E-state index in [1.165, 1.54) is 34.4 Å². The fourth-order valence-corrected chi connectivity index (χ4v) is 7.94. The van der Waals surface area contributed by atoms with E-state index < -0.39 is 76.7 Å². The number of hydrogen-bond donors (Lipinski definition) is 3. The first-order valence-electron chi connectivity index (χ1n) is 12.9. The summed E-state index contributed by atoms with van der Waals surface area (Å²) in [6, 6.07) is 0. The van der Waals surface area contributed by atoms with Crippen LogP contribution in [0, 0.1) is 0 Å². The Morgan fingerprint density at radius 3 is 1.80 bits per heavy atom. The second-order valence-electron chi connectivity index (χ2n) is 10.2. The van der Waals surface area contributed by atoms with E-state index in [9.17, 15) is 9.13 Å². The number of thiol groups is 1. The second-order valence-corrected chi connectivity index (χ2v) is 15.0. The highest BCUT2D eigenvalue weighted by atomic mass is 32.7. The van der Waals surface area contributed by atoms with E-state index in [0.717, 1.165) is 7.57 Å². The molecule has 0 aliphatic carbocycles. The lowest BCUT2D eigenvalue weighted by atomic mass is 10.1. The van der Waals surface area contributed by atoms with Crippen molar-refractivity contribution < 1.29 is 45.5 Å². The van der Waals surface area contributed by atoms with E-state index in [0.29, 0.717) is 0 Å². The number of hydrogen-bond acceptors (Lipinski definition) is 16. The zero-order valence-electron chi connectivity index (χ0n) is 22.4. The summed E-state index contributed by atoms with van der Waals surface area (Å²) in [6.45, 7) is -5.56. The van der Waals surface area contributed by atoms with Crippen LogP contribution in [-0.2, 0) is 36.7 Å². The van der Waals surface area contributed by atoms with E-state index >= 15 is 8.78 Å². The monoisotopic (exact) mass is 674 g/mol. The first-order valence-corrected chi connectivity index (χ1v) is 17.6. The molecular formula is C20H23BF2N10O8P2S. The minimum absolute atomic E-state index is 0.0605. The zero-order valence-corrected chi connectivity index (χ0v) is 25.1. The minimum atomic E-state index is -4.37. The molecule has 0 radical (unpaired) electrons. The number of alkyl halides is 2. The van der Waals surface area contributed by atoms with Crippen LogP contribution in [0.5, 0.6) is 0 Å². The third-order valence-electron chi connectivity index (χ3n) is 7.30. The van der Waals surface area contributed by atoms with Crippen molar-refractivity contribution in [1.82, 2.24) is 39.0 Å². The molecule has 3 aliphatic heterocycles. The van der Waals surface area contributed by atoms with Gasteiger partial charge in [-0.3, -0.25) is 22.7 Å². The largest absolute Gasteiger partial charge is 0.386 e. The summed E-state index contributed by atoms with van der Waals surface area (Å²) in [5.74, 6) is 0.123. The minimum Gasteiger partial charge on any atom is -0.382 e. The number of rotatable bonds is 2. The van der Waals surface area contributed by atoms with Crippen LogP contribution in [0.3, 0.4) is 0 Å². The van der Waals surface area contributed by atoms with Gasteiger partial charge in [-0.1, -0.05) is 12.2 Å². The molecule has 4 aromatic heterocycles. The number of nitrogens with two attached hydrogens (primary N) is 2. The van der Waals surface area contributed by atoms with Crippen molar-refractivity contribution in [2.45, 2.75) is 49.2 Å². The standard InChI is InChI=1S/C20H23BF2N10O8P2S/c21-42(34)36-1-7-14(10(23)20(38-7)33-6-31-12-16(25)27-4-29-18(12)33)41-43(35,44)37-2-8-13(40-42)9(22)19(39-8)32-5-30-11-15(24)26-3-28-17(11)32/h3-10,13-14,19-20H,1-2,21H2,(H,35,44)(H2,24,26,28)(H2,25,27,29)/t7-,8-,9?,10?,13?,14?,19-,20-,42-,43-/m1/s1. The molecule has 0 aromatic carbocycles. The normalized spacial score (nSPS) is 38.2. The molecular weight excluding hydrogens is 651 g/mol. The third-order valence-corrected chi connectivity index (χ3v) is 10.2. The zero-order chi connectivity index (χ0) is 31.0. The lowest BCUT2D eigenvalue weighted by molar-refractivity contribution is -0.0546. The van der Waals surface area contributed by atoms with Crippen molar-refractivity contribution in [3.8, 4) is 0 Å². The van der Waals surface area contributed by atoms with E-state index in [1.54, 1.807) is 0 Å². The van der Waals surface area contributed by atoms with Crippen LogP contribution in [0.4, 0.5) is 20.4 Å². The molecule has 44 heavy (non-hydrogen) atoms. The van der Waals surface area contributed by atoms with Gasteiger partial charge in [0.2, 0.25) is 0 Å². The first kappa shape index (κ1) is 29.9. The molecule has 0 amide bonds. The maximum atomic E-state index is 16.0. The lowest BCUT2D eigenvalue weighted by Gasteiger charge is -2.29. The predicted molar refractivity (Wildman–Crippen MR) is 151 cm³/mol. The summed E-state index contributed by atoms with van der Waals surface area (Å²) in [6.07, 6.45) is -7.72. The van der Waals surface area contributed by atoms with Crippen LogP contribution in [-0.4, -0.2) is 96.6 Å². The Labute approximate surface area is 251 Å². The Morgan fingerprint density at radius 1 is 0.795 bits per heavy atom. The molecule has 7 rings (SSSR count). The van der Waals surface area contributed by atoms with Crippen LogP contribution in [0.1, 0.15) is 12.5 Å². The SMILES string of the molecule is B[P@@]1(=O)OC[C@H]2O[C@@H](n3cnc4c(N)ncnc43)C(F)C2O[P@](=O)(S)OC[C@H]2O[C@@H](n3cnc4c(N)ncnc43)C(F)C2O1. The maximum Gasteiger partial charge on any atom is 0.386 e. The summed E-state index contributed by atoms with van der Waals surface area (Å²) in [5.41, 5.74) is 12.4. The molecule has 0 saturated carbocycles. The lowest BCUT2D eigenvalue weighted by Crippen LogP contribution is -2.37. The molecule has 234 valence electrons. The molecule has 10 atom stereocenters. The molecule has 24 heteroatoms. The summed E-state index contributed by atoms with van der Waals surface area (Å²) < 4.78 is 95.1. The van der Waals surface area contributed by atoms with Gasteiger partial charge < -0.3 is 30.0 Å². The average molecular weight is 674 g/mol. The molecule has 0 spiro atoms. The van der Waals surface area contributed by atoms with Gasteiger partial charge in [0, 0.05) is 0 Å². The Bertz CT molecular complexity index is 1710. The van der Waals surface area contributed by atoms with E-state index in [4.69, 9.17) is 39.0 Å². The fraction of sp³-hybridized carbons (Fsp3) is 0.500. The molecule has 3 saturated heterocycles. The highest BCUT2D eigenvalue weighted by molar-refractivity contribution is 8.44. The average Bonchev–Trinajstić information content (AvgIpc) is 3.73. The highest BCUT2D eigenvalue weighted by Gasteiger charge is 2.54. The molecule has 0 bridgehead atoms. The van der Waals surface area contributed by atoms with Gasteiger partial charge in [0.25, 0.3) is 15.0 Å². The van der Waals surface area contributed by atoms with Crippen molar-refractivity contribution >= 4 is 68.0 Å². The predicted octanol–water partition coefficient (Wildman–Crippen LogP) is 0.898. The number of imidazole rings is 2. The Balaban J connectivity index is 1.17.